The standard InChI is InChI=1S/C12H16N2O5S/c15-14(16)11-4-1-3-10(7-11)9-20(17,18)13-8-12-5-2-6-19-12/h1,3-4,7,12-13H,2,5-6,8-9H2/t12-/m0/s1. The van der Waals surface area contributed by atoms with Gasteiger partial charge >= 0.3 is 0 Å². The second-order valence-corrected chi connectivity index (χ2v) is 6.48. The van der Waals surface area contributed by atoms with Crippen LogP contribution in [0.25, 0.3) is 0 Å². The number of nitro groups is 1. The fourth-order valence-corrected chi connectivity index (χ4v) is 3.22. The first-order chi connectivity index (χ1) is 9.46. The van der Waals surface area contributed by atoms with Gasteiger partial charge in [-0.1, -0.05) is 12.1 Å². The molecule has 0 saturated carbocycles. The molecular weight excluding hydrogens is 284 g/mol. The molecule has 0 aliphatic carbocycles. The van der Waals surface area contributed by atoms with Crippen molar-refractivity contribution in [3.8, 4) is 0 Å². The molecule has 1 N–H and O–H groups in total. The van der Waals surface area contributed by atoms with Crippen molar-refractivity contribution >= 4 is 15.7 Å². The number of nitrogens with zero attached hydrogens (tertiary/aromatic N) is 1. The van der Waals surface area contributed by atoms with Crippen LogP contribution in [-0.4, -0.2) is 32.6 Å². The first kappa shape index (κ1) is 14.9. The lowest BCUT2D eigenvalue weighted by atomic mass is 10.2. The number of ether oxygens (including phenoxy) is 1. The largest absolute Gasteiger partial charge is 0.377 e. The Kier molecular flexibility index (Phi) is 4.69. The predicted molar refractivity (Wildman–Crippen MR) is 72.7 cm³/mol. The molecule has 1 heterocycles. The molecular formula is C12H16N2O5S. The lowest BCUT2D eigenvalue weighted by Crippen LogP contribution is -2.32. The van der Waals surface area contributed by atoms with Gasteiger partial charge in [0, 0.05) is 25.3 Å². The van der Waals surface area contributed by atoms with Crippen LogP contribution >= 0.6 is 0 Å². The SMILES string of the molecule is O=[N+]([O-])c1cccc(CS(=O)(=O)NC[C@@H]2CCCO2)c1. The summed E-state index contributed by atoms with van der Waals surface area (Å²) >= 11 is 0. The van der Waals surface area contributed by atoms with Crippen LogP contribution in [-0.2, 0) is 20.5 Å². The quantitative estimate of drug-likeness (QED) is 0.628. The summed E-state index contributed by atoms with van der Waals surface area (Å²) in [6, 6.07) is 5.63. The second-order valence-electron chi connectivity index (χ2n) is 4.67. The Hall–Kier alpha value is -1.51. The van der Waals surface area contributed by atoms with E-state index in [1.807, 2.05) is 0 Å². The lowest BCUT2D eigenvalue weighted by molar-refractivity contribution is -0.384. The van der Waals surface area contributed by atoms with Crippen LogP contribution in [0.1, 0.15) is 18.4 Å². The van der Waals surface area contributed by atoms with Crippen molar-refractivity contribution in [3.63, 3.8) is 0 Å². The predicted octanol–water partition coefficient (Wildman–Crippen LogP) is 1.19. The summed E-state index contributed by atoms with van der Waals surface area (Å²) in [4.78, 5) is 10.1. The van der Waals surface area contributed by atoms with E-state index in [0.717, 1.165) is 12.8 Å². The minimum atomic E-state index is -3.52. The molecule has 20 heavy (non-hydrogen) atoms. The van der Waals surface area contributed by atoms with Crippen molar-refractivity contribution in [2.45, 2.75) is 24.7 Å². The Morgan fingerprint density at radius 2 is 2.25 bits per heavy atom. The molecule has 110 valence electrons. The fourth-order valence-electron chi connectivity index (χ4n) is 2.06. The number of hydrogen-bond acceptors (Lipinski definition) is 5. The average Bonchev–Trinajstić information content (AvgIpc) is 2.89. The van der Waals surface area contributed by atoms with Crippen molar-refractivity contribution in [2.75, 3.05) is 13.2 Å². The summed E-state index contributed by atoms with van der Waals surface area (Å²) in [6.07, 6.45) is 1.71. The molecule has 0 aromatic heterocycles. The molecule has 1 saturated heterocycles. The molecule has 0 radical (unpaired) electrons. The number of sulfonamides is 1. The fraction of sp³-hybridized carbons (Fsp3) is 0.500. The molecule has 1 aromatic carbocycles. The van der Waals surface area contributed by atoms with Crippen LogP contribution in [0.2, 0.25) is 0 Å². The van der Waals surface area contributed by atoms with Gasteiger partial charge in [-0.2, -0.15) is 0 Å². The average molecular weight is 300 g/mol. The third kappa shape index (κ3) is 4.26. The summed E-state index contributed by atoms with van der Waals surface area (Å²) in [5, 5.41) is 10.6. The summed E-state index contributed by atoms with van der Waals surface area (Å²) < 4.78 is 31.6. The Morgan fingerprint density at radius 3 is 2.90 bits per heavy atom. The van der Waals surface area contributed by atoms with Gasteiger partial charge < -0.3 is 4.74 Å². The van der Waals surface area contributed by atoms with Crippen molar-refractivity contribution < 1.29 is 18.1 Å². The van der Waals surface area contributed by atoms with Crippen LogP contribution in [0.15, 0.2) is 24.3 Å². The highest BCUT2D eigenvalue weighted by atomic mass is 32.2. The van der Waals surface area contributed by atoms with Gasteiger partial charge in [0.1, 0.15) is 0 Å². The number of nitro benzene ring substituents is 1. The number of benzene rings is 1. The molecule has 8 heteroatoms. The zero-order valence-corrected chi connectivity index (χ0v) is 11.6. The van der Waals surface area contributed by atoms with E-state index >= 15 is 0 Å². The van der Waals surface area contributed by atoms with Crippen molar-refractivity contribution in [1.29, 1.82) is 0 Å². The highest BCUT2D eigenvalue weighted by Gasteiger charge is 2.19. The Labute approximate surface area is 117 Å². The van der Waals surface area contributed by atoms with Gasteiger partial charge in [-0.25, -0.2) is 13.1 Å². The topological polar surface area (TPSA) is 98.5 Å². The van der Waals surface area contributed by atoms with Crippen molar-refractivity contribution in [1.82, 2.24) is 4.72 Å². The van der Waals surface area contributed by atoms with Crippen molar-refractivity contribution in [2.24, 2.45) is 0 Å². The van der Waals surface area contributed by atoms with E-state index in [1.165, 1.54) is 18.2 Å². The minimum absolute atomic E-state index is 0.0742. The van der Waals surface area contributed by atoms with Crippen LogP contribution < -0.4 is 4.72 Å². The molecule has 2 rings (SSSR count). The summed E-state index contributed by atoms with van der Waals surface area (Å²) in [5.74, 6) is -0.276. The van der Waals surface area contributed by atoms with Crippen LogP contribution in [0.3, 0.4) is 0 Å². The van der Waals surface area contributed by atoms with Gasteiger partial charge in [-0.3, -0.25) is 10.1 Å². The zero-order chi connectivity index (χ0) is 14.6. The molecule has 1 aromatic rings. The van der Waals surface area contributed by atoms with Gasteiger partial charge in [-0.15, -0.1) is 0 Å². The Bertz CT molecular complexity index is 581. The Balaban J connectivity index is 1.96. The minimum Gasteiger partial charge on any atom is -0.377 e. The number of rotatable bonds is 6. The van der Waals surface area contributed by atoms with Gasteiger partial charge in [0.05, 0.1) is 16.8 Å². The van der Waals surface area contributed by atoms with E-state index in [9.17, 15) is 18.5 Å². The summed E-state index contributed by atoms with van der Waals surface area (Å²) in [5.41, 5.74) is 0.274. The molecule has 0 spiro atoms. The van der Waals surface area contributed by atoms with Gasteiger partial charge in [0.25, 0.3) is 5.69 Å². The van der Waals surface area contributed by atoms with E-state index in [0.29, 0.717) is 12.2 Å². The van der Waals surface area contributed by atoms with E-state index in [2.05, 4.69) is 4.72 Å². The third-order valence-electron chi connectivity index (χ3n) is 3.03. The van der Waals surface area contributed by atoms with E-state index < -0.39 is 14.9 Å². The van der Waals surface area contributed by atoms with Gasteiger partial charge in [0.15, 0.2) is 0 Å². The lowest BCUT2D eigenvalue weighted by Gasteiger charge is -2.11. The molecule has 0 unspecified atom stereocenters. The maximum Gasteiger partial charge on any atom is 0.269 e. The van der Waals surface area contributed by atoms with E-state index in [-0.39, 0.29) is 24.1 Å². The monoisotopic (exact) mass is 300 g/mol. The third-order valence-corrected chi connectivity index (χ3v) is 4.35. The van der Waals surface area contributed by atoms with Gasteiger partial charge in [0.2, 0.25) is 10.0 Å². The molecule has 1 aliphatic heterocycles. The van der Waals surface area contributed by atoms with Crippen LogP contribution in [0.5, 0.6) is 0 Å². The van der Waals surface area contributed by atoms with Crippen molar-refractivity contribution in [3.05, 3.63) is 39.9 Å². The second kappa shape index (κ2) is 6.29. The Morgan fingerprint density at radius 1 is 1.45 bits per heavy atom. The normalized spacial score (nSPS) is 19.1. The van der Waals surface area contributed by atoms with E-state index in [4.69, 9.17) is 4.74 Å². The maximum atomic E-state index is 11.9. The highest BCUT2D eigenvalue weighted by Crippen LogP contribution is 2.15. The first-order valence-electron chi connectivity index (χ1n) is 6.28. The molecule has 1 atom stereocenters. The number of nitrogens with one attached hydrogen (secondary N) is 1. The van der Waals surface area contributed by atoms with Crippen LogP contribution in [0.4, 0.5) is 5.69 Å². The first-order valence-corrected chi connectivity index (χ1v) is 7.94. The summed E-state index contributed by atoms with van der Waals surface area (Å²) in [7, 11) is -3.52. The van der Waals surface area contributed by atoms with Crippen LogP contribution in [0, 0.1) is 10.1 Å². The highest BCUT2D eigenvalue weighted by molar-refractivity contribution is 7.88. The number of non-ortho nitro benzene ring substituents is 1. The number of hydrogen-bond donors (Lipinski definition) is 1. The molecule has 1 fully saturated rings. The maximum absolute atomic E-state index is 11.9. The molecule has 0 amide bonds. The molecule has 0 bridgehead atoms. The molecule has 1 aliphatic rings. The smallest absolute Gasteiger partial charge is 0.269 e. The van der Waals surface area contributed by atoms with E-state index in [1.54, 1.807) is 6.07 Å². The summed E-state index contributed by atoms with van der Waals surface area (Å²) in [6.45, 7) is 0.911. The molecule has 7 nitrogen and oxygen atoms in total. The zero-order valence-electron chi connectivity index (χ0n) is 10.8. The van der Waals surface area contributed by atoms with Gasteiger partial charge in [-0.05, 0) is 18.4 Å².